The van der Waals surface area contributed by atoms with Crippen LogP contribution in [0.1, 0.15) is 17.0 Å². The van der Waals surface area contributed by atoms with Gasteiger partial charge in [-0.05, 0) is 38.1 Å². The summed E-state index contributed by atoms with van der Waals surface area (Å²) in [6.07, 6.45) is 0. The summed E-state index contributed by atoms with van der Waals surface area (Å²) < 4.78 is 1.89. The lowest BCUT2D eigenvalue weighted by Crippen LogP contribution is -2.02. The van der Waals surface area contributed by atoms with Gasteiger partial charge in [0.25, 0.3) is 0 Å². The van der Waals surface area contributed by atoms with E-state index in [4.69, 9.17) is 0 Å². The van der Waals surface area contributed by atoms with Crippen LogP contribution >= 0.6 is 0 Å². The molecule has 0 bridgehead atoms. The van der Waals surface area contributed by atoms with E-state index >= 15 is 0 Å². The van der Waals surface area contributed by atoms with E-state index < -0.39 is 0 Å². The quantitative estimate of drug-likeness (QED) is 0.797. The standard InChI is InChI=1S/C13H17N3O/c1-9-13(10(2)16(3)15-9)8-14-11-4-6-12(17)7-5-11/h4-7,14,17H,8H2,1-3H3. The van der Waals surface area contributed by atoms with Crippen LogP contribution in [0, 0.1) is 13.8 Å². The zero-order valence-corrected chi connectivity index (χ0v) is 10.4. The summed E-state index contributed by atoms with van der Waals surface area (Å²) in [5, 5.41) is 16.9. The van der Waals surface area contributed by atoms with Crippen LogP contribution in [0.4, 0.5) is 5.69 Å². The van der Waals surface area contributed by atoms with Crippen LogP contribution in [0.15, 0.2) is 24.3 Å². The highest BCUT2D eigenvalue weighted by atomic mass is 16.3. The van der Waals surface area contributed by atoms with Crippen molar-refractivity contribution in [3.63, 3.8) is 0 Å². The van der Waals surface area contributed by atoms with Crippen LogP contribution in [-0.4, -0.2) is 14.9 Å². The monoisotopic (exact) mass is 231 g/mol. The Morgan fingerprint density at radius 3 is 2.41 bits per heavy atom. The van der Waals surface area contributed by atoms with E-state index in [1.807, 2.05) is 30.8 Å². The second kappa shape index (κ2) is 4.49. The molecule has 0 saturated heterocycles. The first-order chi connectivity index (χ1) is 8.08. The summed E-state index contributed by atoms with van der Waals surface area (Å²) in [5.74, 6) is 0.282. The molecule has 0 aliphatic carbocycles. The third-order valence-corrected chi connectivity index (χ3v) is 3.00. The molecule has 0 aliphatic rings. The average Bonchev–Trinajstić information content (AvgIpc) is 2.54. The van der Waals surface area contributed by atoms with Crippen molar-refractivity contribution in [2.75, 3.05) is 5.32 Å². The Morgan fingerprint density at radius 2 is 1.88 bits per heavy atom. The third kappa shape index (κ3) is 2.41. The van der Waals surface area contributed by atoms with Gasteiger partial charge in [0.05, 0.1) is 5.69 Å². The van der Waals surface area contributed by atoms with Gasteiger partial charge in [0.1, 0.15) is 5.75 Å². The number of benzene rings is 1. The van der Waals surface area contributed by atoms with Gasteiger partial charge in [-0.3, -0.25) is 4.68 Å². The molecule has 0 radical (unpaired) electrons. The Kier molecular flexibility index (Phi) is 3.04. The fourth-order valence-corrected chi connectivity index (χ4v) is 1.84. The molecule has 0 amide bonds. The number of hydrogen-bond acceptors (Lipinski definition) is 3. The number of aromatic nitrogens is 2. The maximum atomic E-state index is 9.19. The van der Waals surface area contributed by atoms with Gasteiger partial charge in [0, 0.05) is 30.5 Å². The van der Waals surface area contributed by atoms with E-state index in [1.165, 1.54) is 11.3 Å². The Balaban J connectivity index is 2.09. The van der Waals surface area contributed by atoms with E-state index in [0.717, 1.165) is 17.9 Å². The van der Waals surface area contributed by atoms with Crippen molar-refractivity contribution in [1.82, 2.24) is 9.78 Å². The third-order valence-electron chi connectivity index (χ3n) is 3.00. The minimum absolute atomic E-state index is 0.282. The maximum Gasteiger partial charge on any atom is 0.115 e. The van der Waals surface area contributed by atoms with Gasteiger partial charge in [-0.1, -0.05) is 0 Å². The van der Waals surface area contributed by atoms with E-state index in [0.29, 0.717) is 0 Å². The predicted octanol–water partition coefficient (Wildman–Crippen LogP) is 2.35. The molecule has 4 nitrogen and oxygen atoms in total. The zero-order valence-electron chi connectivity index (χ0n) is 10.4. The molecule has 0 aliphatic heterocycles. The van der Waals surface area contributed by atoms with Gasteiger partial charge in [0.2, 0.25) is 0 Å². The lowest BCUT2D eigenvalue weighted by Gasteiger charge is -2.07. The van der Waals surface area contributed by atoms with Gasteiger partial charge in [0.15, 0.2) is 0 Å². The van der Waals surface area contributed by atoms with E-state index in [1.54, 1.807) is 12.1 Å². The second-order valence-corrected chi connectivity index (χ2v) is 4.17. The number of aryl methyl sites for hydroxylation is 2. The highest BCUT2D eigenvalue weighted by Gasteiger charge is 2.08. The summed E-state index contributed by atoms with van der Waals surface area (Å²) in [6.45, 7) is 4.82. The number of hydrogen-bond donors (Lipinski definition) is 2. The van der Waals surface area contributed by atoms with Crippen LogP contribution in [0.5, 0.6) is 5.75 Å². The molecule has 4 heteroatoms. The van der Waals surface area contributed by atoms with Crippen molar-refractivity contribution in [2.45, 2.75) is 20.4 Å². The molecule has 0 fully saturated rings. The van der Waals surface area contributed by atoms with Crippen molar-refractivity contribution in [3.05, 3.63) is 41.2 Å². The van der Waals surface area contributed by atoms with Crippen molar-refractivity contribution in [2.24, 2.45) is 7.05 Å². The Bertz CT molecular complexity index is 514. The molecule has 1 aromatic heterocycles. The van der Waals surface area contributed by atoms with Crippen LogP contribution in [0.25, 0.3) is 0 Å². The molecule has 17 heavy (non-hydrogen) atoms. The first-order valence-corrected chi connectivity index (χ1v) is 5.60. The van der Waals surface area contributed by atoms with Crippen LogP contribution < -0.4 is 5.32 Å². The highest BCUT2D eigenvalue weighted by Crippen LogP contribution is 2.17. The molecule has 0 saturated carbocycles. The topological polar surface area (TPSA) is 50.1 Å². The van der Waals surface area contributed by atoms with E-state index in [2.05, 4.69) is 17.3 Å². The summed E-state index contributed by atoms with van der Waals surface area (Å²) in [6, 6.07) is 7.06. The number of anilines is 1. The minimum atomic E-state index is 0.282. The van der Waals surface area contributed by atoms with Crippen LogP contribution in [-0.2, 0) is 13.6 Å². The first-order valence-electron chi connectivity index (χ1n) is 5.60. The lowest BCUT2D eigenvalue weighted by atomic mass is 10.2. The summed E-state index contributed by atoms with van der Waals surface area (Å²) >= 11 is 0. The van der Waals surface area contributed by atoms with Crippen molar-refractivity contribution < 1.29 is 5.11 Å². The largest absolute Gasteiger partial charge is 0.508 e. The van der Waals surface area contributed by atoms with Crippen LogP contribution in [0.3, 0.4) is 0 Å². The smallest absolute Gasteiger partial charge is 0.115 e. The fourth-order valence-electron chi connectivity index (χ4n) is 1.84. The Labute approximate surface area is 101 Å². The number of nitrogens with zero attached hydrogens (tertiary/aromatic N) is 2. The van der Waals surface area contributed by atoms with E-state index in [-0.39, 0.29) is 5.75 Å². The number of aromatic hydroxyl groups is 1. The van der Waals surface area contributed by atoms with Crippen molar-refractivity contribution in [1.29, 1.82) is 0 Å². The molecular formula is C13H17N3O. The number of phenolic OH excluding ortho intramolecular Hbond substituents is 1. The number of rotatable bonds is 3. The summed E-state index contributed by atoms with van der Waals surface area (Å²) in [7, 11) is 1.95. The lowest BCUT2D eigenvalue weighted by molar-refractivity contribution is 0.475. The van der Waals surface area contributed by atoms with Gasteiger partial charge in [-0.15, -0.1) is 0 Å². The van der Waals surface area contributed by atoms with Gasteiger partial charge < -0.3 is 10.4 Å². The molecular weight excluding hydrogens is 214 g/mol. The molecule has 90 valence electrons. The van der Waals surface area contributed by atoms with Crippen molar-refractivity contribution >= 4 is 5.69 Å². The molecule has 2 rings (SSSR count). The summed E-state index contributed by atoms with van der Waals surface area (Å²) in [4.78, 5) is 0. The minimum Gasteiger partial charge on any atom is -0.508 e. The molecule has 1 heterocycles. The van der Waals surface area contributed by atoms with Crippen molar-refractivity contribution in [3.8, 4) is 5.75 Å². The van der Waals surface area contributed by atoms with Crippen LogP contribution in [0.2, 0.25) is 0 Å². The summed E-state index contributed by atoms with van der Waals surface area (Å²) in [5.41, 5.74) is 4.44. The van der Waals surface area contributed by atoms with E-state index in [9.17, 15) is 5.11 Å². The maximum absolute atomic E-state index is 9.19. The van der Waals surface area contributed by atoms with Gasteiger partial charge >= 0.3 is 0 Å². The SMILES string of the molecule is Cc1nn(C)c(C)c1CNc1ccc(O)cc1. The fraction of sp³-hybridized carbons (Fsp3) is 0.308. The molecule has 0 unspecified atom stereocenters. The second-order valence-electron chi connectivity index (χ2n) is 4.17. The van der Waals surface area contributed by atoms with Gasteiger partial charge in [-0.2, -0.15) is 5.10 Å². The molecule has 2 N–H and O–H groups in total. The molecule has 0 atom stereocenters. The number of phenols is 1. The highest BCUT2D eigenvalue weighted by molar-refractivity contribution is 5.46. The molecule has 2 aromatic rings. The average molecular weight is 231 g/mol. The Morgan fingerprint density at radius 1 is 1.24 bits per heavy atom. The number of nitrogens with one attached hydrogen (secondary N) is 1. The predicted molar refractivity (Wildman–Crippen MR) is 68.1 cm³/mol. The Hall–Kier alpha value is -1.97. The normalized spacial score (nSPS) is 10.5. The van der Waals surface area contributed by atoms with Gasteiger partial charge in [-0.25, -0.2) is 0 Å². The zero-order chi connectivity index (χ0) is 12.4. The molecule has 0 spiro atoms. The first kappa shape index (κ1) is 11.5. The molecule has 1 aromatic carbocycles.